The van der Waals surface area contributed by atoms with Crippen molar-refractivity contribution in [2.45, 2.75) is 91.5 Å². The molecule has 0 aromatic carbocycles. The topological polar surface area (TPSA) is 66.8 Å². The molecule has 0 unspecified atom stereocenters. The fourth-order valence-corrected chi connectivity index (χ4v) is 8.20. The molecule has 1 aliphatic heterocycles. The van der Waals surface area contributed by atoms with Crippen LogP contribution in [0.5, 0.6) is 0 Å². The lowest BCUT2D eigenvalue weighted by atomic mass is 9.38. The Balaban J connectivity index is 1.69. The van der Waals surface area contributed by atoms with Crippen LogP contribution in [0, 0.1) is 34.0 Å². The first-order chi connectivity index (χ1) is 13.4. The molecule has 3 aliphatic carbocycles. The van der Waals surface area contributed by atoms with Crippen LogP contribution in [0.15, 0.2) is 23.8 Å². The summed E-state index contributed by atoms with van der Waals surface area (Å²) >= 11 is 0. The molecule has 29 heavy (non-hydrogen) atoms. The minimum atomic E-state index is -1.19. The van der Waals surface area contributed by atoms with E-state index in [2.05, 4.69) is 33.8 Å². The third-order valence-corrected chi connectivity index (χ3v) is 9.44. The van der Waals surface area contributed by atoms with Gasteiger partial charge in [0, 0.05) is 17.6 Å². The van der Waals surface area contributed by atoms with Crippen molar-refractivity contribution in [1.29, 1.82) is 0 Å². The van der Waals surface area contributed by atoms with Crippen LogP contribution in [0.25, 0.3) is 0 Å². The highest BCUT2D eigenvalue weighted by Gasteiger charge is 2.63. The Kier molecular flexibility index (Phi) is 4.87. The standard InChI is InChI=1S/C25H38O4/c1-22(2)11-6-12-23(3)17(22)9-13-24(4)18(23)10-14-25(5,28)19(24)8-7-16-15-20(26)29-21(16)27/h7-8,15,17-19,21,27-28H,6,9-14H2,1-5H3/b8-7+/t17-,18+,19+,21-,23-,24+,25+/m0/s1. The summed E-state index contributed by atoms with van der Waals surface area (Å²) in [6.07, 6.45) is 12.1. The van der Waals surface area contributed by atoms with E-state index in [9.17, 15) is 15.0 Å². The Morgan fingerprint density at radius 1 is 1.00 bits per heavy atom. The molecule has 0 spiro atoms. The van der Waals surface area contributed by atoms with E-state index in [1.54, 1.807) is 0 Å². The SMILES string of the molecule is CC1(C)CCC[C@]2(C)[C@H]3CC[C@@](C)(O)[C@H](/C=C/C4=CC(=O)O[C@@H]4O)[C@]3(C)CC[C@@H]12. The monoisotopic (exact) mass is 402 g/mol. The van der Waals surface area contributed by atoms with Gasteiger partial charge in [0.15, 0.2) is 0 Å². The maximum Gasteiger partial charge on any atom is 0.333 e. The molecule has 162 valence electrons. The number of hydrogen-bond acceptors (Lipinski definition) is 4. The summed E-state index contributed by atoms with van der Waals surface area (Å²) in [6, 6.07) is 0. The molecule has 0 saturated heterocycles. The smallest absolute Gasteiger partial charge is 0.333 e. The number of aliphatic hydroxyl groups excluding tert-OH is 1. The van der Waals surface area contributed by atoms with Gasteiger partial charge in [-0.2, -0.15) is 0 Å². The number of hydrogen-bond donors (Lipinski definition) is 2. The van der Waals surface area contributed by atoms with Gasteiger partial charge in [0.1, 0.15) is 0 Å². The van der Waals surface area contributed by atoms with Crippen LogP contribution < -0.4 is 0 Å². The molecule has 4 rings (SSSR count). The molecule has 7 atom stereocenters. The van der Waals surface area contributed by atoms with E-state index in [0.29, 0.717) is 22.3 Å². The molecule has 0 radical (unpaired) electrons. The summed E-state index contributed by atoms with van der Waals surface area (Å²) in [5, 5.41) is 21.3. The van der Waals surface area contributed by atoms with Gasteiger partial charge in [-0.15, -0.1) is 0 Å². The molecule has 3 saturated carbocycles. The van der Waals surface area contributed by atoms with Crippen LogP contribution in [0.1, 0.15) is 79.6 Å². The van der Waals surface area contributed by atoms with Gasteiger partial charge in [0.25, 0.3) is 0 Å². The maximum absolute atomic E-state index is 11.5. The molecule has 0 aromatic rings. The second-order valence-corrected chi connectivity index (χ2v) is 11.7. The van der Waals surface area contributed by atoms with Crippen molar-refractivity contribution in [3.63, 3.8) is 0 Å². The number of cyclic esters (lactones) is 1. The van der Waals surface area contributed by atoms with Crippen LogP contribution in [0.4, 0.5) is 0 Å². The Hall–Kier alpha value is -1.13. The maximum atomic E-state index is 11.5. The quantitative estimate of drug-likeness (QED) is 0.654. The lowest BCUT2D eigenvalue weighted by Crippen LogP contribution is -2.62. The first-order valence-corrected chi connectivity index (χ1v) is 11.4. The molecule has 4 nitrogen and oxygen atoms in total. The third kappa shape index (κ3) is 3.22. The average Bonchev–Trinajstić information content (AvgIpc) is 2.90. The lowest BCUT2D eigenvalue weighted by Gasteiger charge is -2.67. The Labute approximate surface area is 175 Å². The number of carbonyl (C=O) groups excluding carboxylic acids is 1. The molecule has 2 N–H and O–H groups in total. The van der Waals surface area contributed by atoms with Crippen molar-refractivity contribution < 1.29 is 19.7 Å². The van der Waals surface area contributed by atoms with E-state index in [-0.39, 0.29) is 11.3 Å². The largest absolute Gasteiger partial charge is 0.428 e. The van der Waals surface area contributed by atoms with Crippen molar-refractivity contribution in [2.75, 3.05) is 0 Å². The predicted octanol–water partition coefficient (Wildman–Crippen LogP) is 4.75. The van der Waals surface area contributed by atoms with Gasteiger partial charge >= 0.3 is 5.97 Å². The second-order valence-electron chi connectivity index (χ2n) is 11.7. The van der Waals surface area contributed by atoms with Gasteiger partial charge in [0.05, 0.1) is 5.60 Å². The van der Waals surface area contributed by atoms with Crippen LogP contribution in [-0.4, -0.2) is 28.1 Å². The number of fused-ring (bicyclic) bond motifs is 3. The van der Waals surface area contributed by atoms with E-state index in [1.807, 2.05) is 13.0 Å². The molecule has 0 bridgehead atoms. The van der Waals surface area contributed by atoms with E-state index < -0.39 is 17.9 Å². The zero-order valence-corrected chi connectivity index (χ0v) is 18.7. The third-order valence-electron chi connectivity index (χ3n) is 9.44. The average molecular weight is 403 g/mol. The van der Waals surface area contributed by atoms with Crippen molar-refractivity contribution >= 4 is 5.97 Å². The van der Waals surface area contributed by atoms with Gasteiger partial charge in [-0.25, -0.2) is 4.79 Å². The molecule has 1 heterocycles. The van der Waals surface area contributed by atoms with E-state index in [0.717, 1.165) is 25.2 Å². The number of esters is 1. The van der Waals surface area contributed by atoms with Gasteiger partial charge < -0.3 is 14.9 Å². The van der Waals surface area contributed by atoms with Gasteiger partial charge in [0.2, 0.25) is 6.29 Å². The summed E-state index contributed by atoms with van der Waals surface area (Å²) in [6.45, 7) is 11.8. The fraction of sp³-hybridized carbons (Fsp3) is 0.800. The minimum Gasteiger partial charge on any atom is -0.428 e. The summed E-state index contributed by atoms with van der Waals surface area (Å²) in [7, 11) is 0. The molecule has 0 amide bonds. The number of rotatable bonds is 2. The Morgan fingerprint density at radius 2 is 1.69 bits per heavy atom. The highest BCUT2D eigenvalue weighted by atomic mass is 16.6. The number of carbonyl (C=O) groups is 1. The van der Waals surface area contributed by atoms with Crippen LogP contribution in [-0.2, 0) is 9.53 Å². The molecule has 3 fully saturated rings. The van der Waals surface area contributed by atoms with Crippen molar-refractivity contribution in [3.8, 4) is 0 Å². The number of ether oxygens (including phenoxy) is 1. The molecule has 4 aliphatic rings. The van der Waals surface area contributed by atoms with Gasteiger partial charge in [-0.1, -0.05) is 46.3 Å². The van der Waals surface area contributed by atoms with E-state index in [1.165, 1.54) is 31.8 Å². The first kappa shape index (κ1) is 21.1. The molecular formula is C25H38O4. The van der Waals surface area contributed by atoms with Gasteiger partial charge in [-0.05, 0) is 73.5 Å². The summed E-state index contributed by atoms with van der Waals surface area (Å²) in [5.74, 6) is 0.790. The normalized spacial score (nSPS) is 49.3. The minimum absolute atomic E-state index is 0.00586. The first-order valence-electron chi connectivity index (χ1n) is 11.4. The van der Waals surface area contributed by atoms with E-state index in [4.69, 9.17) is 4.74 Å². The van der Waals surface area contributed by atoms with Crippen LogP contribution in [0.3, 0.4) is 0 Å². The zero-order chi connectivity index (χ0) is 21.2. The number of aliphatic hydroxyl groups is 2. The predicted molar refractivity (Wildman–Crippen MR) is 113 cm³/mol. The zero-order valence-electron chi connectivity index (χ0n) is 18.7. The van der Waals surface area contributed by atoms with Crippen LogP contribution in [0.2, 0.25) is 0 Å². The van der Waals surface area contributed by atoms with E-state index >= 15 is 0 Å². The Bertz CT molecular complexity index is 748. The lowest BCUT2D eigenvalue weighted by molar-refractivity contribution is -0.198. The highest BCUT2D eigenvalue weighted by Crippen LogP contribution is 2.69. The molecule has 4 heteroatoms. The fourth-order valence-electron chi connectivity index (χ4n) is 8.20. The van der Waals surface area contributed by atoms with Crippen molar-refractivity contribution in [3.05, 3.63) is 23.8 Å². The molecule has 0 aromatic heterocycles. The summed E-state index contributed by atoms with van der Waals surface area (Å²) < 4.78 is 4.82. The Morgan fingerprint density at radius 3 is 2.34 bits per heavy atom. The van der Waals surface area contributed by atoms with Crippen molar-refractivity contribution in [1.82, 2.24) is 0 Å². The summed E-state index contributed by atoms with van der Waals surface area (Å²) in [4.78, 5) is 11.5. The van der Waals surface area contributed by atoms with Crippen LogP contribution >= 0.6 is 0 Å². The van der Waals surface area contributed by atoms with Gasteiger partial charge in [-0.3, -0.25) is 0 Å². The highest BCUT2D eigenvalue weighted by molar-refractivity contribution is 5.86. The molecular weight excluding hydrogens is 364 g/mol. The summed E-state index contributed by atoms with van der Waals surface area (Å²) in [5.41, 5.74) is 0.393. The van der Waals surface area contributed by atoms with Crippen molar-refractivity contribution in [2.24, 2.45) is 34.0 Å². The second kappa shape index (κ2) is 6.68.